The van der Waals surface area contributed by atoms with Gasteiger partial charge in [-0.15, -0.1) is 0 Å². The van der Waals surface area contributed by atoms with Crippen LogP contribution in [0.15, 0.2) is 6.07 Å². The van der Waals surface area contributed by atoms with E-state index in [1.165, 1.54) is 0 Å². The molecule has 0 spiro atoms. The maximum Gasteiger partial charge on any atom is 0.255 e. The molecule has 0 aliphatic rings. The molecule has 0 aromatic heterocycles. The smallest absolute Gasteiger partial charge is 0.255 e. The zero-order chi connectivity index (χ0) is 11.6. The van der Waals surface area contributed by atoms with E-state index in [0.717, 1.165) is 0 Å². The highest BCUT2D eigenvalue weighted by molar-refractivity contribution is 5.47. The van der Waals surface area contributed by atoms with Crippen molar-refractivity contribution >= 4 is 5.69 Å². The van der Waals surface area contributed by atoms with Crippen molar-refractivity contribution in [2.24, 2.45) is 0 Å². The van der Waals surface area contributed by atoms with Gasteiger partial charge in [0.1, 0.15) is 5.69 Å². The summed E-state index contributed by atoms with van der Waals surface area (Å²) in [5.74, 6) is -6.75. The summed E-state index contributed by atoms with van der Waals surface area (Å²) in [4.78, 5) is 0. The Morgan fingerprint density at radius 3 is 1.87 bits per heavy atom. The molecule has 0 aliphatic carbocycles. The molecule has 0 fully saturated rings. The fourth-order valence-electron chi connectivity index (χ4n) is 0.908. The standard InChI is InChI=1S/C8H5F6N/c9-3-1-4(10)7(14)8(6(3)13)15-2-5(11)12/h1,5,15H,2H2. The van der Waals surface area contributed by atoms with Gasteiger partial charge in [-0.2, -0.15) is 0 Å². The monoisotopic (exact) mass is 229 g/mol. The van der Waals surface area contributed by atoms with E-state index >= 15 is 0 Å². The lowest BCUT2D eigenvalue weighted by Crippen LogP contribution is -2.14. The Morgan fingerprint density at radius 2 is 1.47 bits per heavy atom. The first-order chi connectivity index (χ1) is 6.93. The van der Waals surface area contributed by atoms with Gasteiger partial charge >= 0.3 is 0 Å². The third-order valence-corrected chi connectivity index (χ3v) is 1.54. The summed E-state index contributed by atoms with van der Waals surface area (Å²) >= 11 is 0. The Bertz CT molecular complexity index is 338. The van der Waals surface area contributed by atoms with Gasteiger partial charge in [-0.3, -0.25) is 0 Å². The molecule has 1 rings (SSSR count). The highest BCUT2D eigenvalue weighted by Crippen LogP contribution is 2.24. The van der Waals surface area contributed by atoms with Crippen LogP contribution in [0.1, 0.15) is 0 Å². The third-order valence-electron chi connectivity index (χ3n) is 1.54. The molecule has 0 radical (unpaired) electrons. The van der Waals surface area contributed by atoms with Gasteiger partial charge in [0.25, 0.3) is 6.43 Å². The second-order valence-corrected chi connectivity index (χ2v) is 2.62. The van der Waals surface area contributed by atoms with Crippen LogP contribution < -0.4 is 5.32 Å². The molecule has 1 nitrogen and oxygen atoms in total. The van der Waals surface area contributed by atoms with Gasteiger partial charge in [-0.1, -0.05) is 0 Å². The van der Waals surface area contributed by atoms with Crippen LogP contribution in [-0.4, -0.2) is 13.0 Å². The molecule has 7 heteroatoms. The molecule has 15 heavy (non-hydrogen) atoms. The molecular formula is C8H5F6N. The second kappa shape index (κ2) is 4.41. The number of rotatable bonds is 3. The van der Waals surface area contributed by atoms with Crippen molar-refractivity contribution in [1.82, 2.24) is 0 Å². The first-order valence-corrected chi connectivity index (χ1v) is 3.78. The Hall–Kier alpha value is -1.40. The summed E-state index contributed by atoms with van der Waals surface area (Å²) in [5.41, 5.74) is -1.23. The predicted molar refractivity (Wildman–Crippen MR) is 40.8 cm³/mol. The highest BCUT2D eigenvalue weighted by atomic mass is 19.3. The summed E-state index contributed by atoms with van der Waals surface area (Å²) in [7, 11) is 0. The van der Waals surface area contributed by atoms with Gasteiger partial charge in [-0.25, -0.2) is 26.3 Å². The second-order valence-electron chi connectivity index (χ2n) is 2.62. The van der Waals surface area contributed by atoms with Gasteiger partial charge in [0.05, 0.1) is 6.54 Å². The first-order valence-electron chi connectivity index (χ1n) is 3.78. The fraction of sp³-hybridized carbons (Fsp3) is 0.250. The highest BCUT2D eigenvalue weighted by Gasteiger charge is 2.19. The average Bonchev–Trinajstić information content (AvgIpc) is 2.14. The number of halogens is 6. The minimum Gasteiger partial charge on any atom is -0.374 e. The van der Waals surface area contributed by atoms with Crippen molar-refractivity contribution in [2.75, 3.05) is 11.9 Å². The molecule has 1 aromatic rings. The van der Waals surface area contributed by atoms with E-state index in [2.05, 4.69) is 0 Å². The normalized spacial score (nSPS) is 10.9. The Kier molecular flexibility index (Phi) is 3.43. The molecule has 0 saturated heterocycles. The number of nitrogens with one attached hydrogen (secondary N) is 1. The van der Waals surface area contributed by atoms with Gasteiger partial charge < -0.3 is 5.32 Å². The van der Waals surface area contributed by atoms with Crippen molar-refractivity contribution in [3.05, 3.63) is 29.3 Å². The molecule has 0 unspecified atom stereocenters. The molecule has 1 N–H and O–H groups in total. The maximum absolute atomic E-state index is 12.8. The van der Waals surface area contributed by atoms with Crippen molar-refractivity contribution in [3.8, 4) is 0 Å². The minimum absolute atomic E-state index is 0.00176. The summed E-state index contributed by atoms with van der Waals surface area (Å²) in [6.07, 6.45) is -2.89. The van der Waals surface area contributed by atoms with Crippen LogP contribution in [0.4, 0.5) is 32.0 Å². The molecule has 0 amide bonds. The van der Waals surface area contributed by atoms with Crippen LogP contribution in [0.5, 0.6) is 0 Å². The van der Waals surface area contributed by atoms with E-state index < -0.39 is 41.9 Å². The number of anilines is 1. The van der Waals surface area contributed by atoms with Gasteiger partial charge in [0, 0.05) is 6.07 Å². The third kappa shape index (κ3) is 2.54. The van der Waals surface area contributed by atoms with E-state index in [1.54, 1.807) is 5.32 Å². The zero-order valence-corrected chi connectivity index (χ0v) is 7.13. The summed E-state index contributed by atoms with van der Waals surface area (Å²) in [6.45, 7) is -1.10. The molecule has 0 atom stereocenters. The van der Waals surface area contributed by atoms with E-state index in [1.807, 2.05) is 0 Å². The lowest BCUT2D eigenvalue weighted by atomic mass is 10.2. The Labute approximate surface area is 80.7 Å². The van der Waals surface area contributed by atoms with E-state index in [9.17, 15) is 26.3 Å². The van der Waals surface area contributed by atoms with E-state index in [-0.39, 0.29) is 6.07 Å². The molecule has 0 heterocycles. The van der Waals surface area contributed by atoms with Crippen molar-refractivity contribution in [2.45, 2.75) is 6.43 Å². The lowest BCUT2D eigenvalue weighted by Gasteiger charge is -2.08. The molecule has 84 valence electrons. The van der Waals surface area contributed by atoms with Gasteiger partial charge in [0.2, 0.25) is 0 Å². The summed E-state index contributed by atoms with van der Waals surface area (Å²) in [5, 5.41) is 1.58. The van der Waals surface area contributed by atoms with Gasteiger partial charge in [0.15, 0.2) is 23.3 Å². The van der Waals surface area contributed by atoms with Crippen LogP contribution in [-0.2, 0) is 0 Å². The molecular weight excluding hydrogens is 224 g/mol. The lowest BCUT2D eigenvalue weighted by molar-refractivity contribution is 0.163. The first kappa shape index (κ1) is 11.7. The Morgan fingerprint density at radius 1 is 1.00 bits per heavy atom. The fourth-order valence-corrected chi connectivity index (χ4v) is 0.908. The SMILES string of the molecule is Fc1cc(F)c(F)c(NCC(F)F)c1F. The Balaban J connectivity index is 3.04. The number of hydrogen-bond donors (Lipinski definition) is 1. The van der Waals surface area contributed by atoms with Crippen LogP contribution in [0.2, 0.25) is 0 Å². The largest absolute Gasteiger partial charge is 0.374 e. The van der Waals surface area contributed by atoms with Crippen molar-refractivity contribution in [1.29, 1.82) is 0 Å². The quantitative estimate of drug-likeness (QED) is 0.620. The van der Waals surface area contributed by atoms with Crippen LogP contribution in [0.25, 0.3) is 0 Å². The number of alkyl halides is 2. The summed E-state index contributed by atoms with van der Waals surface area (Å²) < 4.78 is 74.1. The van der Waals surface area contributed by atoms with Crippen LogP contribution in [0.3, 0.4) is 0 Å². The van der Waals surface area contributed by atoms with E-state index in [0.29, 0.717) is 0 Å². The topological polar surface area (TPSA) is 12.0 Å². The molecule has 0 aliphatic heterocycles. The van der Waals surface area contributed by atoms with Crippen molar-refractivity contribution in [3.63, 3.8) is 0 Å². The number of hydrogen-bond acceptors (Lipinski definition) is 1. The predicted octanol–water partition coefficient (Wildman–Crippen LogP) is 2.92. The number of benzene rings is 1. The van der Waals surface area contributed by atoms with E-state index in [4.69, 9.17) is 0 Å². The molecule has 1 aromatic carbocycles. The molecule has 0 bridgehead atoms. The van der Waals surface area contributed by atoms with Gasteiger partial charge in [-0.05, 0) is 0 Å². The molecule has 0 saturated carbocycles. The average molecular weight is 229 g/mol. The van der Waals surface area contributed by atoms with Crippen molar-refractivity contribution < 1.29 is 26.3 Å². The zero-order valence-electron chi connectivity index (χ0n) is 7.13. The minimum atomic E-state index is -2.89. The summed E-state index contributed by atoms with van der Waals surface area (Å²) in [6, 6.07) is -0.00176. The van der Waals surface area contributed by atoms with Crippen LogP contribution in [0, 0.1) is 23.3 Å². The van der Waals surface area contributed by atoms with Crippen LogP contribution >= 0.6 is 0 Å². The maximum atomic E-state index is 12.8.